The van der Waals surface area contributed by atoms with Gasteiger partial charge in [-0.3, -0.25) is 9.59 Å². The van der Waals surface area contributed by atoms with Crippen molar-refractivity contribution in [2.45, 2.75) is 19.4 Å². The molecule has 2 aromatic rings. The van der Waals surface area contributed by atoms with Gasteiger partial charge in [0.25, 0.3) is 5.91 Å². The highest BCUT2D eigenvalue weighted by Gasteiger charge is 2.39. The molecule has 7 heteroatoms. The van der Waals surface area contributed by atoms with Crippen molar-refractivity contribution in [1.82, 2.24) is 0 Å². The monoisotopic (exact) mass is 378 g/mol. The van der Waals surface area contributed by atoms with Crippen molar-refractivity contribution in [1.29, 1.82) is 0 Å². The van der Waals surface area contributed by atoms with Gasteiger partial charge in [-0.2, -0.15) is 0 Å². The first-order valence-electron chi connectivity index (χ1n) is 7.81. The molecule has 1 aliphatic heterocycles. The Bertz CT molecular complexity index is 808. The maximum Gasteiger partial charge on any atom is 0.256 e. The fourth-order valence-corrected chi connectivity index (χ4v) is 3.03. The van der Waals surface area contributed by atoms with Gasteiger partial charge < -0.3 is 10.1 Å². The first-order chi connectivity index (χ1) is 12.0. The van der Waals surface area contributed by atoms with Crippen molar-refractivity contribution in [2.75, 3.05) is 16.8 Å². The van der Waals surface area contributed by atoms with E-state index in [1.54, 1.807) is 42.5 Å². The average Bonchev–Trinajstić information content (AvgIpc) is 2.87. The Morgan fingerprint density at radius 3 is 2.56 bits per heavy atom. The first-order valence-corrected chi connectivity index (χ1v) is 8.57. The van der Waals surface area contributed by atoms with E-state index in [1.165, 1.54) is 4.90 Å². The van der Waals surface area contributed by atoms with E-state index in [-0.39, 0.29) is 18.2 Å². The third-order valence-electron chi connectivity index (χ3n) is 3.83. The minimum Gasteiger partial charge on any atom is -0.494 e. The Morgan fingerprint density at radius 2 is 1.88 bits per heavy atom. The second-order valence-corrected chi connectivity index (χ2v) is 6.28. The minimum atomic E-state index is -0.685. The Kier molecular flexibility index (Phi) is 5.16. The highest BCUT2D eigenvalue weighted by atomic mass is 35.5. The molecular weight excluding hydrogens is 363 g/mol. The molecule has 1 saturated heterocycles. The van der Waals surface area contributed by atoms with Crippen LogP contribution < -0.4 is 15.0 Å². The van der Waals surface area contributed by atoms with Crippen LogP contribution in [0.5, 0.6) is 5.75 Å². The highest BCUT2D eigenvalue weighted by molar-refractivity contribution is 6.43. The number of nitrogens with zero attached hydrogens (tertiary/aromatic N) is 1. The highest BCUT2D eigenvalue weighted by Crippen LogP contribution is 2.32. The lowest BCUT2D eigenvalue weighted by atomic mass is 10.2. The van der Waals surface area contributed by atoms with E-state index in [4.69, 9.17) is 27.9 Å². The van der Waals surface area contributed by atoms with Crippen LogP contribution in [0.3, 0.4) is 0 Å². The van der Waals surface area contributed by atoms with Crippen molar-refractivity contribution in [3.05, 3.63) is 52.5 Å². The molecule has 0 spiro atoms. The standard InChI is InChI=1S/C18H16Cl2N2O3/c1-2-25-12-8-6-11(7-9-12)22-16(23)10-15(18(22)24)21-14-5-3-4-13(19)17(14)20/h3-9,15,21H,2,10H2,1H3/t15-/m0/s1. The van der Waals surface area contributed by atoms with E-state index in [9.17, 15) is 9.59 Å². The zero-order valence-electron chi connectivity index (χ0n) is 13.5. The Morgan fingerprint density at radius 1 is 1.16 bits per heavy atom. The number of hydrogen-bond donors (Lipinski definition) is 1. The van der Waals surface area contributed by atoms with Gasteiger partial charge in [-0.15, -0.1) is 0 Å². The van der Waals surface area contributed by atoms with Crippen LogP contribution in [-0.2, 0) is 9.59 Å². The molecule has 25 heavy (non-hydrogen) atoms. The SMILES string of the molecule is CCOc1ccc(N2C(=O)C[C@H](Nc3cccc(Cl)c3Cl)C2=O)cc1. The molecule has 0 saturated carbocycles. The predicted octanol–water partition coefficient (Wildman–Crippen LogP) is 4.14. The molecule has 0 aromatic heterocycles. The Balaban J connectivity index is 1.79. The fourth-order valence-electron chi connectivity index (χ4n) is 2.68. The van der Waals surface area contributed by atoms with Crippen LogP contribution in [0.15, 0.2) is 42.5 Å². The van der Waals surface area contributed by atoms with E-state index in [0.717, 1.165) is 0 Å². The number of rotatable bonds is 5. The summed E-state index contributed by atoms with van der Waals surface area (Å²) in [6.45, 7) is 2.44. The van der Waals surface area contributed by atoms with Gasteiger partial charge in [0.1, 0.15) is 11.8 Å². The second-order valence-electron chi connectivity index (χ2n) is 5.50. The van der Waals surface area contributed by atoms with Crippen LogP contribution in [0.25, 0.3) is 0 Å². The molecule has 2 aromatic carbocycles. The fraction of sp³-hybridized carbons (Fsp3) is 0.222. The number of carbonyl (C=O) groups excluding carboxylic acids is 2. The molecule has 2 amide bonds. The van der Waals surface area contributed by atoms with Gasteiger partial charge in [0, 0.05) is 0 Å². The van der Waals surface area contributed by atoms with Gasteiger partial charge in [-0.25, -0.2) is 4.90 Å². The topological polar surface area (TPSA) is 58.6 Å². The molecule has 0 radical (unpaired) electrons. The Labute approximate surface area is 155 Å². The third-order valence-corrected chi connectivity index (χ3v) is 4.65. The van der Waals surface area contributed by atoms with Gasteiger partial charge in [0.05, 0.1) is 34.4 Å². The van der Waals surface area contributed by atoms with Crippen molar-refractivity contribution >= 4 is 46.4 Å². The Hall–Kier alpha value is -2.24. The lowest BCUT2D eigenvalue weighted by Crippen LogP contribution is -2.34. The number of anilines is 2. The lowest BCUT2D eigenvalue weighted by molar-refractivity contribution is -0.121. The molecule has 1 aliphatic rings. The molecule has 0 aliphatic carbocycles. The third kappa shape index (κ3) is 3.57. The van der Waals surface area contributed by atoms with Crippen molar-refractivity contribution in [2.24, 2.45) is 0 Å². The number of benzene rings is 2. The largest absolute Gasteiger partial charge is 0.494 e. The van der Waals surface area contributed by atoms with E-state index in [2.05, 4.69) is 5.32 Å². The van der Waals surface area contributed by atoms with E-state index < -0.39 is 6.04 Å². The summed E-state index contributed by atoms with van der Waals surface area (Å²) < 4.78 is 5.37. The summed E-state index contributed by atoms with van der Waals surface area (Å²) >= 11 is 12.1. The van der Waals surface area contributed by atoms with E-state index >= 15 is 0 Å². The summed E-state index contributed by atoms with van der Waals surface area (Å²) in [4.78, 5) is 26.2. The second kappa shape index (κ2) is 7.33. The van der Waals surface area contributed by atoms with E-state index in [1.807, 2.05) is 6.92 Å². The number of hydrogen-bond acceptors (Lipinski definition) is 4. The number of amides is 2. The summed E-state index contributed by atoms with van der Waals surface area (Å²) in [5.41, 5.74) is 1.04. The lowest BCUT2D eigenvalue weighted by Gasteiger charge is -2.17. The van der Waals surface area contributed by atoms with Crippen LogP contribution >= 0.6 is 23.2 Å². The van der Waals surface area contributed by atoms with Gasteiger partial charge in [0.15, 0.2) is 0 Å². The molecule has 1 fully saturated rings. The summed E-state index contributed by atoms with van der Waals surface area (Å²) in [6.07, 6.45) is 0.0505. The van der Waals surface area contributed by atoms with Gasteiger partial charge >= 0.3 is 0 Å². The average molecular weight is 379 g/mol. The molecule has 1 heterocycles. The molecule has 1 N–H and O–H groups in total. The summed E-state index contributed by atoms with van der Waals surface area (Å²) in [5, 5.41) is 3.71. The van der Waals surface area contributed by atoms with Crippen molar-refractivity contribution < 1.29 is 14.3 Å². The normalized spacial score (nSPS) is 17.1. The molecule has 1 atom stereocenters. The number of ether oxygens (including phenoxy) is 1. The number of carbonyl (C=O) groups is 2. The summed E-state index contributed by atoms with van der Waals surface area (Å²) in [6, 6.07) is 11.2. The number of imide groups is 1. The molecule has 5 nitrogen and oxygen atoms in total. The molecular formula is C18H16Cl2N2O3. The first kappa shape index (κ1) is 17.6. The molecule has 0 bridgehead atoms. The maximum atomic E-state index is 12.7. The molecule has 3 rings (SSSR count). The zero-order valence-corrected chi connectivity index (χ0v) is 15.0. The minimum absolute atomic E-state index is 0.0505. The zero-order chi connectivity index (χ0) is 18.0. The number of nitrogens with one attached hydrogen (secondary N) is 1. The number of halogens is 2. The predicted molar refractivity (Wildman–Crippen MR) is 98.6 cm³/mol. The summed E-state index contributed by atoms with van der Waals surface area (Å²) in [5.74, 6) is 0.0840. The van der Waals surface area contributed by atoms with Crippen molar-refractivity contribution in [3.63, 3.8) is 0 Å². The van der Waals surface area contributed by atoms with Crippen LogP contribution in [-0.4, -0.2) is 24.5 Å². The molecule has 130 valence electrons. The van der Waals surface area contributed by atoms with Crippen LogP contribution in [0.1, 0.15) is 13.3 Å². The summed E-state index contributed by atoms with van der Waals surface area (Å²) in [7, 11) is 0. The van der Waals surface area contributed by atoms with Crippen LogP contribution in [0, 0.1) is 0 Å². The van der Waals surface area contributed by atoms with Gasteiger partial charge in [-0.05, 0) is 43.3 Å². The van der Waals surface area contributed by atoms with Crippen molar-refractivity contribution in [3.8, 4) is 5.75 Å². The van der Waals surface area contributed by atoms with E-state index in [0.29, 0.717) is 33.8 Å². The smallest absolute Gasteiger partial charge is 0.256 e. The maximum absolute atomic E-state index is 12.7. The molecule has 0 unspecified atom stereocenters. The van der Waals surface area contributed by atoms with Gasteiger partial charge in [0.2, 0.25) is 5.91 Å². The van der Waals surface area contributed by atoms with Crippen LogP contribution in [0.4, 0.5) is 11.4 Å². The quantitative estimate of drug-likeness (QED) is 0.794. The van der Waals surface area contributed by atoms with Gasteiger partial charge in [-0.1, -0.05) is 29.3 Å². The van der Waals surface area contributed by atoms with Crippen LogP contribution in [0.2, 0.25) is 10.0 Å².